The van der Waals surface area contributed by atoms with E-state index in [2.05, 4.69) is 0 Å². The summed E-state index contributed by atoms with van der Waals surface area (Å²) in [5.74, 6) is -0.709. The van der Waals surface area contributed by atoms with E-state index < -0.39 is 5.91 Å². The normalized spacial score (nSPS) is 9.54. The van der Waals surface area contributed by atoms with Crippen LogP contribution in [-0.2, 0) is 16.0 Å². The molecule has 1 amide bonds. The summed E-state index contributed by atoms with van der Waals surface area (Å²) in [4.78, 5) is 21.5. The van der Waals surface area contributed by atoms with E-state index >= 15 is 0 Å². The lowest BCUT2D eigenvalue weighted by Crippen LogP contribution is -2.17. The predicted molar refractivity (Wildman–Crippen MR) is 49.0 cm³/mol. The molecule has 2 N–H and O–H groups in total. The lowest BCUT2D eigenvalue weighted by Gasteiger charge is -1.97. The average molecular weight is 177 g/mol. The van der Waals surface area contributed by atoms with Gasteiger partial charge in [-0.2, -0.15) is 0 Å². The van der Waals surface area contributed by atoms with Crippen molar-refractivity contribution in [2.45, 2.75) is 12.8 Å². The number of hydrogen-bond donors (Lipinski definition) is 1. The molecule has 0 heterocycles. The van der Waals surface area contributed by atoms with Crippen molar-refractivity contribution < 1.29 is 9.59 Å². The number of carbonyl (C=O) groups excluding carboxylic acids is 2. The van der Waals surface area contributed by atoms with Crippen LogP contribution in [0.1, 0.15) is 12.0 Å². The second kappa shape index (κ2) is 4.40. The molecule has 3 heteroatoms. The van der Waals surface area contributed by atoms with E-state index in [9.17, 15) is 9.59 Å². The third-order valence-corrected chi connectivity index (χ3v) is 1.62. The van der Waals surface area contributed by atoms with E-state index in [0.717, 1.165) is 5.56 Å². The molecule has 0 saturated heterocycles. The van der Waals surface area contributed by atoms with Gasteiger partial charge in [0.25, 0.3) is 0 Å². The molecule has 0 radical (unpaired) electrons. The minimum atomic E-state index is -0.569. The molecule has 0 atom stereocenters. The molecule has 0 bridgehead atoms. The number of nitrogens with two attached hydrogens (primary N) is 1. The maximum absolute atomic E-state index is 11.1. The minimum Gasteiger partial charge on any atom is -0.369 e. The van der Waals surface area contributed by atoms with Gasteiger partial charge in [-0.15, -0.1) is 0 Å². The Morgan fingerprint density at radius 1 is 1.15 bits per heavy atom. The van der Waals surface area contributed by atoms with Gasteiger partial charge >= 0.3 is 0 Å². The van der Waals surface area contributed by atoms with E-state index in [1.165, 1.54) is 0 Å². The van der Waals surface area contributed by atoms with Crippen molar-refractivity contribution in [1.82, 2.24) is 0 Å². The van der Waals surface area contributed by atoms with Gasteiger partial charge in [-0.25, -0.2) is 0 Å². The van der Waals surface area contributed by atoms with Gasteiger partial charge in [-0.3, -0.25) is 9.59 Å². The quantitative estimate of drug-likeness (QED) is 0.687. The fraction of sp³-hybridized carbons (Fsp3) is 0.200. The molecule has 13 heavy (non-hydrogen) atoms. The highest BCUT2D eigenvalue weighted by Crippen LogP contribution is 2.01. The lowest BCUT2D eigenvalue weighted by atomic mass is 10.1. The number of ketones is 1. The maximum Gasteiger partial charge on any atom is 0.224 e. The van der Waals surface area contributed by atoms with Crippen LogP contribution in [0.25, 0.3) is 0 Å². The van der Waals surface area contributed by atoms with Gasteiger partial charge in [-0.1, -0.05) is 30.3 Å². The summed E-state index contributed by atoms with van der Waals surface area (Å²) in [6, 6.07) is 9.28. The van der Waals surface area contributed by atoms with Gasteiger partial charge in [0.2, 0.25) is 5.91 Å². The third-order valence-electron chi connectivity index (χ3n) is 1.62. The Labute approximate surface area is 76.6 Å². The summed E-state index contributed by atoms with van der Waals surface area (Å²) < 4.78 is 0. The summed E-state index contributed by atoms with van der Waals surface area (Å²) in [5.41, 5.74) is 5.80. The number of benzene rings is 1. The van der Waals surface area contributed by atoms with Gasteiger partial charge in [0.1, 0.15) is 5.78 Å². The van der Waals surface area contributed by atoms with E-state index in [1.54, 1.807) is 0 Å². The monoisotopic (exact) mass is 177 g/mol. The molecule has 0 aliphatic rings. The Morgan fingerprint density at radius 2 is 1.77 bits per heavy atom. The SMILES string of the molecule is NC(=O)CC(=O)Cc1ccccc1. The van der Waals surface area contributed by atoms with Crippen molar-refractivity contribution in [3.05, 3.63) is 35.9 Å². The molecule has 0 saturated carbocycles. The first kappa shape index (κ1) is 9.45. The second-order valence-corrected chi connectivity index (χ2v) is 2.84. The first-order chi connectivity index (χ1) is 6.18. The molecule has 1 aromatic carbocycles. The smallest absolute Gasteiger partial charge is 0.224 e. The Morgan fingerprint density at radius 3 is 2.31 bits per heavy atom. The number of primary amides is 1. The zero-order chi connectivity index (χ0) is 9.68. The number of hydrogen-bond acceptors (Lipinski definition) is 2. The van der Waals surface area contributed by atoms with Crippen molar-refractivity contribution in [2.24, 2.45) is 5.73 Å². The Balaban J connectivity index is 2.50. The summed E-state index contributed by atoms with van der Waals surface area (Å²) in [5, 5.41) is 0. The van der Waals surface area contributed by atoms with Gasteiger partial charge in [0.05, 0.1) is 6.42 Å². The topological polar surface area (TPSA) is 60.2 Å². The fourth-order valence-corrected chi connectivity index (χ4v) is 1.08. The van der Waals surface area contributed by atoms with E-state index in [1.807, 2.05) is 30.3 Å². The number of amides is 1. The van der Waals surface area contributed by atoms with Crippen molar-refractivity contribution in [3.63, 3.8) is 0 Å². The molecule has 1 aromatic rings. The van der Waals surface area contributed by atoms with Crippen molar-refractivity contribution in [2.75, 3.05) is 0 Å². The summed E-state index contributed by atoms with van der Waals surface area (Å²) in [7, 11) is 0. The predicted octanol–water partition coefficient (Wildman–Crippen LogP) is 0.674. The highest BCUT2D eigenvalue weighted by Gasteiger charge is 2.06. The van der Waals surface area contributed by atoms with Gasteiger partial charge in [0.15, 0.2) is 0 Å². The van der Waals surface area contributed by atoms with Gasteiger partial charge < -0.3 is 5.73 Å². The molecule has 0 aliphatic heterocycles. The number of rotatable bonds is 4. The van der Waals surface area contributed by atoms with E-state index in [0.29, 0.717) is 0 Å². The van der Waals surface area contributed by atoms with Gasteiger partial charge in [-0.05, 0) is 5.56 Å². The highest BCUT2D eigenvalue weighted by molar-refractivity contribution is 5.98. The molecule has 0 spiro atoms. The van der Waals surface area contributed by atoms with Crippen LogP contribution in [0.4, 0.5) is 0 Å². The number of carbonyl (C=O) groups is 2. The van der Waals surface area contributed by atoms with E-state index in [-0.39, 0.29) is 18.6 Å². The maximum atomic E-state index is 11.1. The largest absolute Gasteiger partial charge is 0.369 e. The third kappa shape index (κ3) is 3.51. The van der Waals surface area contributed by atoms with Gasteiger partial charge in [0, 0.05) is 6.42 Å². The van der Waals surface area contributed by atoms with Crippen LogP contribution in [-0.4, -0.2) is 11.7 Å². The summed E-state index contributed by atoms with van der Waals surface area (Å²) in [6.07, 6.45) is 0.110. The molecule has 0 unspecified atom stereocenters. The minimum absolute atomic E-state index is 0.140. The number of Topliss-reactive ketones (excluding diaryl/α,β-unsaturated/α-hetero) is 1. The summed E-state index contributed by atoms with van der Waals surface area (Å²) >= 11 is 0. The molecule has 3 nitrogen and oxygen atoms in total. The second-order valence-electron chi connectivity index (χ2n) is 2.84. The molecule has 1 rings (SSSR count). The van der Waals surface area contributed by atoms with Crippen LogP contribution in [0.3, 0.4) is 0 Å². The molecule has 0 fully saturated rings. The van der Waals surface area contributed by atoms with Crippen LogP contribution in [0, 0.1) is 0 Å². The Bertz CT molecular complexity index is 306. The molecular formula is C10H11NO2. The fourth-order valence-electron chi connectivity index (χ4n) is 1.08. The van der Waals surface area contributed by atoms with E-state index in [4.69, 9.17) is 5.73 Å². The van der Waals surface area contributed by atoms with Crippen LogP contribution in [0.2, 0.25) is 0 Å². The average Bonchev–Trinajstić information content (AvgIpc) is 2.04. The Kier molecular flexibility index (Phi) is 3.20. The molecule has 0 aromatic heterocycles. The van der Waals surface area contributed by atoms with Crippen LogP contribution >= 0.6 is 0 Å². The zero-order valence-electron chi connectivity index (χ0n) is 7.19. The van der Waals surface area contributed by atoms with Crippen molar-refractivity contribution >= 4 is 11.7 Å². The van der Waals surface area contributed by atoms with Crippen LogP contribution < -0.4 is 5.73 Å². The van der Waals surface area contributed by atoms with Crippen molar-refractivity contribution in [1.29, 1.82) is 0 Å². The lowest BCUT2D eigenvalue weighted by molar-refractivity contribution is -0.126. The molecular weight excluding hydrogens is 166 g/mol. The van der Waals surface area contributed by atoms with Crippen LogP contribution in [0.15, 0.2) is 30.3 Å². The molecule has 68 valence electrons. The standard InChI is InChI=1S/C10H11NO2/c11-10(13)7-9(12)6-8-4-2-1-3-5-8/h1-5H,6-7H2,(H2,11,13). The first-order valence-corrected chi connectivity index (χ1v) is 4.02. The zero-order valence-corrected chi connectivity index (χ0v) is 7.19. The highest BCUT2D eigenvalue weighted by atomic mass is 16.2. The molecule has 0 aliphatic carbocycles. The van der Waals surface area contributed by atoms with Crippen molar-refractivity contribution in [3.8, 4) is 0 Å². The first-order valence-electron chi connectivity index (χ1n) is 4.02. The Hall–Kier alpha value is -1.64. The van der Waals surface area contributed by atoms with Crippen LogP contribution in [0.5, 0.6) is 0 Å². The summed E-state index contributed by atoms with van der Waals surface area (Å²) in [6.45, 7) is 0.